The maximum Gasteiger partial charge on any atom is 0.319 e. The van der Waals surface area contributed by atoms with Gasteiger partial charge in [-0.15, -0.1) is 0 Å². The van der Waals surface area contributed by atoms with Crippen LogP contribution in [-0.2, 0) is 4.79 Å². The molecule has 1 aromatic carbocycles. The Balaban J connectivity index is 2.21. The molecule has 0 bridgehead atoms. The van der Waals surface area contributed by atoms with Crippen molar-refractivity contribution < 1.29 is 14.7 Å². The molecule has 0 aliphatic heterocycles. The first-order chi connectivity index (χ1) is 9.11. The van der Waals surface area contributed by atoms with Crippen molar-refractivity contribution in [2.45, 2.75) is 6.92 Å². The lowest BCUT2D eigenvalue weighted by Gasteiger charge is -2.10. The van der Waals surface area contributed by atoms with Crippen LogP contribution in [0.1, 0.15) is 6.92 Å². The topological polar surface area (TPSA) is 90.5 Å². The van der Waals surface area contributed by atoms with Crippen molar-refractivity contribution in [3.8, 4) is 0 Å². The molecular weight excluding hydrogens is 246 g/mol. The summed E-state index contributed by atoms with van der Waals surface area (Å²) in [5.74, 6) is -0.286. The van der Waals surface area contributed by atoms with E-state index in [1.165, 1.54) is 0 Å². The number of nitrogens with one attached hydrogen (secondary N) is 3. The smallest absolute Gasteiger partial charge is 0.319 e. The monoisotopic (exact) mass is 265 g/mol. The Labute approximate surface area is 112 Å². The van der Waals surface area contributed by atoms with E-state index in [0.29, 0.717) is 12.2 Å². The second-order valence-corrected chi connectivity index (χ2v) is 4.27. The summed E-state index contributed by atoms with van der Waals surface area (Å²) in [5.41, 5.74) is 0.661. The SMILES string of the molecule is CC(CO)CNC(=O)CNC(=O)Nc1ccccc1. The minimum atomic E-state index is -0.434. The summed E-state index contributed by atoms with van der Waals surface area (Å²) >= 11 is 0. The van der Waals surface area contributed by atoms with Gasteiger partial charge in [-0.05, 0) is 18.1 Å². The molecule has 0 aliphatic carbocycles. The number of urea groups is 1. The zero-order chi connectivity index (χ0) is 14.1. The zero-order valence-electron chi connectivity index (χ0n) is 10.8. The predicted molar refractivity (Wildman–Crippen MR) is 72.7 cm³/mol. The van der Waals surface area contributed by atoms with Crippen LogP contribution in [0, 0.1) is 5.92 Å². The fourth-order valence-electron chi connectivity index (χ4n) is 1.27. The molecule has 6 heteroatoms. The van der Waals surface area contributed by atoms with Crippen LogP contribution in [0.4, 0.5) is 10.5 Å². The number of hydrogen-bond donors (Lipinski definition) is 4. The molecule has 0 saturated carbocycles. The maximum atomic E-state index is 11.5. The van der Waals surface area contributed by atoms with Gasteiger partial charge in [0.1, 0.15) is 0 Å². The van der Waals surface area contributed by atoms with Gasteiger partial charge in [-0.1, -0.05) is 25.1 Å². The molecule has 4 N–H and O–H groups in total. The van der Waals surface area contributed by atoms with Crippen molar-refractivity contribution in [1.82, 2.24) is 10.6 Å². The molecule has 3 amide bonds. The summed E-state index contributed by atoms with van der Waals surface area (Å²) in [6.45, 7) is 2.12. The highest BCUT2D eigenvalue weighted by Gasteiger charge is 2.06. The summed E-state index contributed by atoms with van der Waals surface area (Å²) in [6.07, 6.45) is 0. The van der Waals surface area contributed by atoms with Crippen LogP contribution in [0.25, 0.3) is 0 Å². The van der Waals surface area contributed by atoms with Crippen LogP contribution in [0.15, 0.2) is 30.3 Å². The molecule has 0 spiro atoms. The van der Waals surface area contributed by atoms with E-state index in [2.05, 4.69) is 16.0 Å². The summed E-state index contributed by atoms with van der Waals surface area (Å²) in [5, 5.41) is 16.5. The van der Waals surface area contributed by atoms with Crippen LogP contribution >= 0.6 is 0 Å². The highest BCUT2D eigenvalue weighted by molar-refractivity contribution is 5.92. The largest absolute Gasteiger partial charge is 0.396 e. The lowest BCUT2D eigenvalue weighted by atomic mass is 10.2. The first-order valence-electron chi connectivity index (χ1n) is 6.09. The Bertz CT molecular complexity index is 409. The van der Waals surface area contributed by atoms with E-state index in [4.69, 9.17) is 5.11 Å². The van der Waals surface area contributed by atoms with Gasteiger partial charge in [0.05, 0.1) is 6.54 Å². The molecule has 1 rings (SSSR count). The van der Waals surface area contributed by atoms with Crippen LogP contribution in [-0.4, -0.2) is 36.7 Å². The van der Waals surface area contributed by atoms with Crippen molar-refractivity contribution in [3.63, 3.8) is 0 Å². The third kappa shape index (κ3) is 6.42. The number of amides is 3. The van der Waals surface area contributed by atoms with E-state index in [9.17, 15) is 9.59 Å². The number of para-hydroxylation sites is 1. The molecule has 0 saturated heterocycles. The number of carbonyl (C=O) groups is 2. The van der Waals surface area contributed by atoms with Gasteiger partial charge < -0.3 is 21.1 Å². The fraction of sp³-hybridized carbons (Fsp3) is 0.385. The molecule has 6 nitrogen and oxygen atoms in total. The molecule has 1 atom stereocenters. The normalized spacial score (nSPS) is 11.5. The van der Waals surface area contributed by atoms with Crippen molar-refractivity contribution in [2.24, 2.45) is 5.92 Å². The van der Waals surface area contributed by atoms with Crippen LogP contribution in [0.3, 0.4) is 0 Å². The van der Waals surface area contributed by atoms with Crippen LogP contribution < -0.4 is 16.0 Å². The molecule has 104 valence electrons. The van der Waals surface area contributed by atoms with Gasteiger partial charge in [0.2, 0.25) is 5.91 Å². The molecule has 1 unspecified atom stereocenters. The zero-order valence-corrected chi connectivity index (χ0v) is 10.8. The van der Waals surface area contributed by atoms with Crippen LogP contribution in [0.2, 0.25) is 0 Å². The quantitative estimate of drug-likeness (QED) is 0.605. The van der Waals surface area contributed by atoms with Gasteiger partial charge in [0.25, 0.3) is 0 Å². The molecule has 0 aromatic heterocycles. The van der Waals surface area contributed by atoms with Gasteiger partial charge in [0, 0.05) is 18.8 Å². The average Bonchev–Trinajstić information content (AvgIpc) is 2.43. The number of carbonyl (C=O) groups excluding carboxylic acids is 2. The Morgan fingerprint density at radius 3 is 2.53 bits per heavy atom. The van der Waals surface area contributed by atoms with E-state index in [1.54, 1.807) is 24.3 Å². The number of aliphatic hydroxyl groups is 1. The first kappa shape index (κ1) is 15.0. The second-order valence-electron chi connectivity index (χ2n) is 4.27. The highest BCUT2D eigenvalue weighted by Crippen LogP contribution is 2.03. The van der Waals surface area contributed by atoms with E-state index in [1.807, 2.05) is 13.0 Å². The van der Waals surface area contributed by atoms with E-state index in [-0.39, 0.29) is 25.0 Å². The molecule has 0 aliphatic rings. The number of rotatable bonds is 6. The Kier molecular flexibility index (Phi) is 6.38. The Morgan fingerprint density at radius 2 is 1.89 bits per heavy atom. The van der Waals surface area contributed by atoms with Gasteiger partial charge in [0.15, 0.2) is 0 Å². The van der Waals surface area contributed by atoms with Gasteiger partial charge in [-0.25, -0.2) is 4.79 Å². The lowest BCUT2D eigenvalue weighted by Crippen LogP contribution is -2.40. The van der Waals surface area contributed by atoms with E-state index in [0.717, 1.165) is 0 Å². The highest BCUT2D eigenvalue weighted by atomic mass is 16.3. The molecule has 0 heterocycles. The first-order valence-corrected chi connectivity index (χ1v) is 6.09. The van der Waals surface area contributed by atoms with E-state index < -0.39 is 6.03 Å². The van der Waals surface area contributed by atoms with Gasteiger partial charge >= 0.3 is 6.03 Å². The molecular formula is C13H19N3O3. The molecule has 1 aromatic rings. The third-order valence-corrected chi connectivity index (χ3v) is 2.40. The number of aliphatic hydroxyl groups excluding tert-OH is 1. The average molecular weight is 265 g/mol. The van der Waals surface area contributed by atoms with Gasteiger partial charge in [-0.2, -0.15) is 0 Å². The second kappa shape index (κ2) is 8.10. The number of benzene rings is 1. The predicted octanol–water partition coefficient (Wildman–Crippen LogP) is 0.553. The lowest BCUT2D eigenvalue weighted by molar-refractivity contribution is -0.120. The maximum absolute atomic E-state index is 11.5. The molecule has 0 fully saturated rings. The van der Waals surface area contributed by atoms with E-state index >= 15 is 0 Å². The van der Waals surface area contributed by atoms with Gasteiger partial charge in [-0.3, -0.25) is 4.79 Å². The Hall–Kier alpha value is -2.08. The summed E-state index contributed by atoms with van der Waals surface area (Å²) in [6, 6.07) is 8.53. The fourth-order valence-corrected chi connectivity index (χ4v) is 1.27. The van der Waals surface area contributed by atoms with Crippen molar-refractivity contribution >= 4 is 17.6 Å². The summed E-state index contributed by atoms with van der Waals surface area (Å²) < 4.78 is 0. The number of hydrogen-bond acceptors (Lipinski definition) is 3. The number of anilines is 1. The summed E-state index contributed by atoms with van der Waals surface area (Å²) in [7, 11) is 0. The third-order valence-electron chi connectivity index (χ3n) is 2.40. The van der Waals surface area contributed by atoms with Crippen molar-refractivity contribution in [1.29, 1.82) is 0 Å². The minimum Gasteiger partial charge on any atom is -0.396 e. The van der Waals surface area contributed by atoms with Crippen molar-refractivity contribution in [3.05, 3.63) is 30.3 Å². The molecule has 0 radical (unpaired) electrons. The Morgan fingerprint density at radius 1 is 1.21 bits per heavy atom. The minimum absolute atomic E-state index is 0.00194. The van der Waals surface area contributed by atoms with Crippen molar-refractivity contribution in [2.75, 3.05) is 25.0 Å². The molecule has 19 heavy (non-hydrogen) atoms. The standard InChI is InChI=1S/C13H19N3O3/c1-10(9-17)7-14-12(18)8-15-13(19)16-11-5-3-2-4-6-11/h2-6,10,17H,7-9H2,1H3,(H,14,18)(H2,15,16,19). The summed E-state index contributed by atoms with van der Waals surface area (Å²) in [4.78, 5) is 22.9. The van der Waals surface area contributed by atoms with Crippen LogP contribution in [0.5, 0.6) is 0 Å².